The third-order valence-electron chi connectivity index (χ3n) is 4.29. The summed E-state index contributed by atoms with van der Waals surface area (Å²) in [5.41, 5.74) is 2.05. The van der Waals surface area contributed by atoms with Crippen LogP contribution in [0.25, 0.3) is 0 Å². The second kappa shape index (κ2) is 7.33. The van der Waals surface area contributed by atoms with E-state index in [9.17, 15) is 9.50 Å². The van der Waals surface area contributed by atoms with Gasteiger partial charge in [-0.05, 0) is 42.5 Å². The highest BCUT2D eigenvalue weighted by Crippen LogP contribution is 2.31. The molecular formula is C16H21FN4OS. The Kier molecular flexibility index (Phi) is 5.20. The van der Waals surface area contributed by atoms with E-state index in [1.165, 1.54) is 11.3 Å². The Labute approximate surface area is 139 Å². The molecule has 1 aliphatic rings. The van der Waals surface area contributed by atoms with Gasteiger partial charge in [-0.25, -0.2) is 0 Å². The minimum absolute atomic E-state index is 0.00861. The molecule has 2 N–H and O–H groups in total. The van der Waals surface area contributed by atoms with Crippen molar-refractivity contribution in [1.82, 2.24) is 14.9 Å². The molecule has 1 unspecified atom stereocenters. The molecule has 7 heteroatoms. The maximum Gasteiger partial charge on any atom is 0.230 e. The first kappa shape index (κ1) is 16.3. The van der Waals surface area contributed by atoms with Crippen molar-refractivity contribution in [3.8, 4) is 0 Å². The monoisotopic (exact) mass is 336 g/mol. The number of hydrogen-bond donors (Lipinski definition) is 2. The number of halogens is 1. The van der Waals surface area contributed by atoms with Crippen molar-refractivity contribution >= 4 is 16.5 Å². The lowest BCUT2D eigenvalue weighted by Crippen LogP contribution is -2.34. The lowest BCUT2D eigenvalue weighted by atomic mass is 9.88. The fourth-order valence-corrected chi connectivity index (χ4v) is 4.00. The number of aliphatic hydroxyl groups is 1. The molecule has 1 aliphatic heterocycles. The molecule has 0 spiro atoms. The Morgan fingerprint density at radius 2 is 2.39 bits per heavy atom. The molecule has 124 valence electrons. The third kappa shape index (κ3) is 3.68. The largest absolute Gasteiger partial charge is 0.392 e. The normalized spacial score (nSPS) is 19.0. The van der Waals surface area contributed by atoms with Gasteiger partial charge in [0.25, 0.3) is 0 Å². The van der Waals surface area contributed by atoms with Crippen LogP contribution in [0, 0.1) is 5.95 Å². The van der Waals surface area contributed by atoms with E-state index in [-0.39, 0.29) is 12.6 Å². The van der Waals surface area contributed by atoms with Gasteiger partial charge in [-0.15, -0.1) is 0 Å². The van der Waals surface area contributed by atoms with Crippen molar-refractivity contribution in [3.63, 3.8) is 0 Å². The maximum absolute atomic E-state index is 13.9. The van der Waals surface area contributed by atoms with E-state index in [4.69, 9.17) is 0 Å². The van der Waals surface area contributed by atoms with E-state index >= 15 is 0 Å². The topological polar surface area (TPSA) is 61.3 Å². The summed E-state index contributed by atoms with van der Waals surface area (Å²) in [6.45, 7) is 2.42. The van der Waals surface area contributed by atoms with Gasteiger partial charge in [0.15, 0.2) is 5.13 Å². The van der Waals surface area contributed by atoms with Gasteiger partial charge in [0, 0.05) is 32.5 Å². The minimum Gasteiger partial charge on any atom is -0.392 e. The van der Waals surface area contributed by atoms with E-state index in [1.807, 2.05) is 6.07 Å². The van der Waals surface area contributed by atoms with Crippen molar-refractivity contribution in [2.45, 2.75) is 31.9 Å². The number of aliphatic hydroxyl groups excluding tert-OH is 1. The first-order valence-corrected chi connectivity index (χ1v) is 8.62. The smallest absolute Gasteiger partial charge is 0.230 e. The predicted octanol–water partition coefficient (Wildman–Crippen LogP) is 2.59. The molecule has 0 bridgehead atoms. The van der Waals surface area contributed by atoms with Crippen LogP contribution in [0.4, 0.5) is 9.52 Å². The van der Waals surface area contributed by atoms with Crippen molar-refractivity contribution < 1.29 is 9.50 Å². The highest BCUT2D eigenvalue weighted by molar-refractivity contribution is 7.15. The first-order valence-electron chi connectivity index (χ1n) is 7.80. The summed E-state index contributed by atoms with van der Waals surface area (Å²) in [5, 5.41) is 13.0. The molecule has 0 amide bonds. The van der Waals surface area contributed by atoms with Crippen molar-refractivity contribution in [1.29, 1.82) is 0 Å². The Morgan fingerprint density at radius 1 is 1.52 bits per heavy atom. The van der Waals surface area contributed by atoms with Crippen LogP contribution in [0.15, 0.2) is 18.5 Å². The van der Waals surface area contributed by atoms with Crippen molar-refractivity contribution in [2.75, 3.05) is 25.5 Å². The molecule has 0 radical (unpaired) electrons. The fourth-order valence-electron chi connectivity index (χ4n) is 3.16. The van der Waals surface area contributed by atoms with Gasteiger partial charge in [-0.2, -0.15) is 9.37 Å². The molecule has 0 saturated carbocycles. The van der Waals surface area contributed by atoms with Gasteiger partial charge >= 0.3 is 0 Å². The summed E-state index contributed by atoms with van der Waals surface area (Å²) in [6, 6.07) is 1.99. The minimum atomic E-state index is -0.374. The average molecular weight is 336 g/mol. The van der Waals surface area contributed by atoms with Crippen LogP contribution in [0.3, 0.4) is 0 Å². The van der Waals surface area contributed by atoms with Crippen LogP contribution in [-0.4, -0.2) is 40.1 Å². The second-order valence-electron chi connectivity index (χ2n) is 5.79. The van der Waals surface area contributed by atoms with E-state index in [2.05, 4.69) is 20.2 Å². The number of piperidine rings is 1. The predicted molar refractivity (Wildman–Crippen MR) is 89.0 cm³/mol. The molecule has 0 aromatic carbocycles. The molecule has 0 aliphatic carbocycles. The molecule has 2 aromatic heterocycles. The van der Waals surface area contributed by atoms with E-state index in [1.54, 1.807) is 19.4 Å². The number of anilines is 1. The van der Waals surface area contributed by atoms with E-state index in [0.29, 0.717) is 22.5 Å². The Morgan fingerprint density at radius 3 is 3.13 bits per heavy atom. The molecule has 2 aromatic rings. The molecule has 3 rings (SSSR count). The van der Waals surface area contributed by atoms with Gasteiger partial charge in [-0.1, -0.05) is 11.3 Å². The zero-order valence-electron chi connectivity index (χ0n) is 13.1. The molecule has 23 heavy (non-hydrogen) atoms. The molecule has 5 nitrogen and oxygen atoms in total. The van der Waals surface area contributed by atoms with Crippen LogP contribution in [0.1, 0.15) is 34.8 Å². The zero-order chi connectivity index (χ0) is 16.2. The Balaban J connectivity index is 1.72. The fraction of sp³-hybridized carbons (Fsp3) is 0.500. The summed E-state index contributed by atoms with van der Waals surface area (Å²) in [6.07, 6.45) is 5.66. The maximum atomic E-state index is 13.9. The number of thiazole rings is 1. The molecule has 1 fully saturated rings. The van der Waals surface area contributed by atoms with Crippen molar-refractivity contribution in [2.24, 2.45) is 0 Å². The number of rotatable bonds is 5. The van der Waals surface area contributed by atoms with Gasteiger partial charge in [0.05, 0.1) is 11.5 Å². The summed E-state index contributed by atoms with van der Waals surface area (Å²) in [5.74, 6) is -0.0184. The van der Waals surface area contributed by atoms with Gasteiger partial charge in [0.2, 0.25) is 5.95 Å². The lowest BCUT2D eigenvalue weighted by molar-refractivity contribution is 0.197. The average Bonchev–Trinajstić information content (AvgIpc) is 2.95. The summed E-state index contributed by atoms with van der Waals surface area (Å²) in [4.78, 5) is 10.9. The third-order valence-corrected chi connectivity index (χ3v) is 5.32. The number of nitrogens with zero attached hydrogens (tertiary/aromatic N) is 3. The molecule has 3 heterocycles. The van der Waals surface area contributed by atoms with Crippen molar-refractivity contribution in [3.05, 3.63) is 40.4 Å². The molecule has 1 atom stereocenters. The van der Waals surface area contributed by atoms with Crippen LogP contribution in [0.5, 0.6) is 0 Å². The Bertz CT molecular complexity index is 663. The molecular weight excluding hydrogens is 315 g/mol. The van der Waals surface area contributed by atoms with Crippen LogP contribution < -0.4 is 5.32 Å². The van der Waals surface area contributed by atoms with Crippen LogP contribution >= 0.6 is 11.3 Å². The number of nitrogens with one attached hydrogen (secondary N) is 1. The number of likely N-dealkylation sites (tertiary alicyclic amines) is 1. The number of pyridine rings is 1. The lowest BCUT2D eigenvalue weighted by Gasteiger charge is -2.33. The van der Waals surface area contributed by atoms with Crippen LogP contribution in [0.2, 0.25) is 0 Å². The number of hydrogen-bond acceptors (Lipinski definition) is 6. The Hall–Kier alpha value is -1.57. The summed E-state index contributed by atoms with van der Waals surface area (Å²) in [7, 11) is 1.75. The summed E-state index contributed by atoms with van der Waals surface area (Å²) >= 11 is 1.37. The first-order chi connectivity index (χ1) is 11.2. The van der Waals surface area contributed by atoms with Crippen LogP contribution in [-0.2, 0) is 13.2 Å². The second-order valence-corrected chi connectivity index (χ2v) is 6.87. The summed E-state index contributed by atoms with van der Waals surface area (Å²) < 4.78 is 13.9. The standard InChI is InChI=1S/C16H21FN4OS/c1-18-16-20-15(17)14(23-16)9-21-6-2-3-11(8-21)13-4-5-19-7-12(13)10-22/h4-5,7,11,22H,2-3,6,8-10H2,1H3,(H,18,20). The SMILES string of the molecule is CNc1nc(F)c(CN2CCCC(c3ccncc3CO)C2)s1. The quantitative estimate of drug-likeness (QED) is 0.879. The van der Waals surface area contributed by atoms with E-state index < -0.39 is 0 Å². The zero-order valence-corrected chi connectivity index (χ0v) is 13.9. The number of aromatic nitrogens is 2. The van der Waals surface area contributed by atoms with Gasteiger partial charge in [0.1, 0.15) is 0 Å². The highest BCUT2D eigenvalue weighted by atomic mass is 32.1. The van der Waals surface area contributed by atoms with Gasteiger partial charge < -0.3 is 10.4 Å². The van der Waals surface area contributed by atoms with Gasteiger partial charge in [-0.3, -0.25) is 9.88 Å². The molecule has 1 saturated heterocycles. The highest BCUT2D eigenvalue weighted by Gasteiger charge is 2.24. The van der Waals surface area contributed by atoms with E-state index in [0.717, 1.165) is 37.1 Å².